The van der Waals surface area contributed by atoms with Gasteiger partial charge < -0.3 is 15.7 Å². The summed E-state index contributed by atoms with van der Waals surface area (Å²) in [7, 11) is 0. The van der Waals surface area contributed by atoms with Crippen LogP contribution in [0, 0.1) is 5.92 Å². The molecule has 1 aromatic rings. The Balaban J connectivity index is 2.04. The molecular weight excluding hydrogens is 232 g/mol. The summed E-state index contributed by atoms with van der Waals surface area (Å²) in [5.41, 5.74) is 6.71. The molecule has 1 aliphatic rings. The smallest absolute Gasteiger partial charge is 0.306 e. The van der Waals surface area contributed by atoms with Gasteiger partial charge in [0.15, 0.2) is 0 Å². The number of rotatable bonds is 2. The number of carbonyl (C=O) groups is 2. The molecule has 1 amide bonds. The van der Waals surface area contributed by atoms with E-state index in [2.05, 4.69) is 0 Å². The first-order valence-corrected chi connectivity index (χ1v) is 5.96. The zero-order chi connectivity index (χ0) is 13.1. The first kappa shape index (κ1) is 12.4. The van der Waals surface area contributed by atoms with E-state index >= 15 is 0 Å². The van der Waals surface area contributed by atoms with Gasteiger partial charge in [0.25, 0.3) is 5.91 Å². The second-order valence-electron chi connectivity index (χ2n) is 4.49. The molecule has 1 heterocycles. The number of hydrogen-bond acceptors (Lipinski definition) is 3. The van der Waals surface area contributed by atoms with Crippen LogP contribution in [0.4, 0.5) is 5.69 Å². The van der Waals surface area contributed by atoms with Crippen molar-refractivity contribution in [3.05, 3.63) is 29.8 Å². The van der Waals surface area contributed by atoms with Crippen molar-refractivity contribution in [2.75, 3.05) is 18.8 Å². The summed E-state index contributed by atoms with van der Waals surface area (Å²) in [5, 5.41) is 8.90. The predicted octanol–water partition coefficient (Wildman–Crippen LogP) is 1.21. The number of carboxylic acids is 1. The fourth-order valence-corrected chi connectivity index (χ4v) is 2.19. The third-order valence-electron chi connectivity index (χ3n) is 3.32. The molecule has 2 rings (SSSR count). The van der Waals surface area contributed by atoms with Gasteiger partial charge in [-0.05, 0) is 25.0 Å². The lowest BCUT2D eigenvalue weighted by Crippen LogP contribution is -2.40. The van der Waals surface area contributed by atoms with Crippen LogP contribution >= 0.6 is 0 Å². The zero-order valence-corrected chi connectivity index (χ0v) is 10.0. The molecular formula is C13H16N2O3. The Kier molecular flexibility index (Phi) is 3.50. The van der Waals surface area contributed by atoms with Gasteiger partial charge in [0, 0.05) is 18.8 Å². The number of nitrogens with two attached hydrogens (primary N) is 1. The Hall–Kier alpha value is -2.04. The highest BCUT2D eigenvalue weighted by atomic mass is 16.4. The van der Waals surface area contributed by atoms with E-state index in [1.54, 1.807) is 29.2 Å². The van der Waals surface area contributed by atoms with Crippen LogP contribution in [0.25, 0.3) is 0 Å². The molecule has 3 N–H and O–H groups in total. The Morgan fingerprint density at radius 3 is 2.39 bits per heavy atom. The highest BCUT2D eigenvalue weighted by Crippen LogP contribution is 2.21. The third-order valence-corrected chi connectivity index (χ3v) is 3.32. The molecule has 5 nitrogen and oxygen atoms in total. The number of aliphatic carboxylic acids is 1. The van der Waals surface area contributed by atoms with Crippen LogP contribution in [-0.2, 0) is 4.79 Å². The Bertz CT molecular complexity index is 465. The molecule has 0 bridgehead atoms. The number of carbonyl (C=O) groups excluding carboxylic acids is 1. The summed E-state index contributed by atoms with van der Waals surface area (Å²) in [6.07, 6.45) is 1.02. The molecule has 0 unspecified atom stereocenters. The van der Waals surface area contributed by atoms with Crippen molar-refractivity contribution in [1.29, 1.82) is 0 Å². The van der Waals surface area contributed by atoms with Gasteiger partial charge in [0.05, 0.1) is 11.5 Å². The summed E-state index contributed by atoms with van der Waals surface area (Å²) in [6, 6.07) is 6.94. The van der Waals surface area contributed by atoms with Crippen LogP contribution in [-0.4, -0.2) is 35.0 Å². The fourth-order valence-electron chi connectivity index (χ4n) is 2.19. The number of nitrogens with zero attached hydrogens (tertiary/aromatic N) is 1. The molecule has 1 fully saturated rings. The van der Waals surface area contributed by atoms with Crippen LogP contribution in [0.1, 0.15) is 23.2 Å². The average molecular weight is 248 g/mol. The molecule has 1 aliphatic heterocycles. The molecule has 0 spiro atoms. The van der Waals surface area contributed by atoms with E-state index in [4.69, 9.17) is 10.8 Å². The van der Waals surface area contributed by atoms with E-state index in [0.717, 1.165) is 0 Å². The van der Waals surface area contributed by atoms with Crippen molar-refractivity contribution < 1.29 is 14.7 Å². The maximum Gasteiger partial charge on any atom is 0.306 e. The molecule has 18 heavy (non-hydrogen) atoms. The van der Waals surface area contributed by atoms with Crippen molar-refractivity contribution in [3.63, 3.8) is 0 Å². The number of carboxylic acid groups (broad SMARTS) is 1. The van der Waals surface area contributed by atoms with E-state index in [0.29, 0.717) is 37.2 Å². The van der Waals surface area contributed by atoms with Gasteiger partial charge in [-0.2, -0.15) is 0 Å². The van der Waals surface area contributed by atoms with E-state index in [-0.39, 0.29) is 11.8 Å². The van der Waals surface area contributed by atoms with Crippen molar-refractivity contribution in [1.82, 2.24) is 4.90 Å². The lowest BCUT2D eigenvalue weighted by molar-refractivity contribution is -0.143. The van der Waals surface area contributed by atoms with E-state index in [9.17, 15) is 9.59 Å². The van der Waals surface area contributed by atoms with Gasteiger partial charge in [-0.1, -0.05) is 12.1 Å². The van der Waals surface area contributed by atoms with Gasteiger partial charge in [0.1, 0.15) is 0 Å². The Labute approximate surface area is 105 Å². The van der Waals surface area contributed by atoms with Gasteiger partial charge in [-0.15, -0.1) is 0 Å². The van der Waals surface area contributed by atoms with E-state index in [1.165, 1.54) is 0 Å². The van der Waals surface area contributed by atoms with Crippen LogP contribution < -0.4 is 5.73 Å². The SMILES string of the molecule is Nc1ccccc1C(=O)N1CCC(C(=O)O)CC1. The molecule has 0 atom stereocenters. The molecule has 5 heteroatoms. The van der Waals surface area contributed by atoms with Crippen LogP contribution in [0.3, 0.4) is 0 Å². The lowest BCUT2D eigenvalue weighted by atomic mass is 9.96. The zero-order valence-electron chi connectivity index (χ0n) is 10.0. The maximum absolute atomic E-state index is 12.2. The van der Waals surface area contributed by atoms with Crippen molar-refractivity contribution in [3.8, 4) is 0 Å². The summed E-state index contributed by atoms with van der Waals surface area (Å²) in [5.74, 6) is -1.22. The number of likely N-dealkylation sites (tertiary alicyclic amines) is 1. The van der Waals surface area contributed by atoms with Crippen LogP contribution in [0.2, 0.25) is 0 Å². The Morgan fingerprint density at radius 1 is 1.22 bits per heavy atom. The number of hydrogen-bond donors (Lipinski definition) is 2. The molecule has 1 saturated heterocycles. The predicted molar refractivity (Wildman–Crippen MR) is 67.1 cm³/mol. The summed E-state index contributed by atoms with van der Waals surface area (Å²) >= 11 is 0. The second kappa shape index (κ2) is 5.08. The fraction of sp³-hybridized carbons (Fsp3) is 0.385. The number of nitrogen functional groups attached to an aromatic ring is 1. The monoisotopic (exact) mass is 248 g/mol. The standard InChI is InChI=1S/C13H16N2O3/c14-11-4-2-1-3-10(11)12(16)15-7-5-9(6-8-15)13(17)18/h1-4,9H,5-8,14H2,(H,17,18). The van der Waals surface area contributed by atoms with Crippen molar-refractivity contribution in [2.24, 2.45) is 5.92 Å². The maximum atomic E-state index is 12.2. The minimum absolute atomic E-state index is 0.114. The van der Waals surface area contributed by atoms with Gasteiger partial charge >= 0.3 is 5.97 Å². The molecule has 0 aliphatic carbocycles. The summed E-state index contributed by atoms with van der Waals surface area (Å²) in [4.78, 5) is 24.7. The number of piperidine rings is 1. The van der Waals surface area contributed by atoms with Gasteiger partial charge in [-0.25, -0.2) is 0 Å². The first-order chi connectivity index (χ1) is 8.59. The number of benzene rings is 1. The van der Waals surface area contributed by atoms with Gasteiger partial charge in [-0.3, -0.25) is 9.59 Å². The number of amides is 1. The highest BCUT2D eigenvalue weighted by Gasteiger charge is 2.27. The molecule has 96 valence electrons. The highest BCUT2D eigenvalue weighted by molar-refractivity contribution is 5.99. The van der Waals surface area contributed by atoms with Gasteiger partial charge in [0.2, 0.25) is 0 Å². The number of para-hydroxylation sites is 1. The molecule has 1 aromatic carbocycles. The van der Waals surface area contributed by atoms with Crippen LogP contribution in [0.5, 0.6) is 0 Å². The first-order valence-electron chi connectivity index (χ1n) is 5.96. The summed E-state index contributed by atoms with van der Waals surface area (Å²) < 4.78 is 0. The van der Waals surface area contributed by atoms with E-state index in [1.807, 2.05) is 0 Å². The Morgan fingerprint density at radius 2 is 1.83 bits per heavy atom. The topological polar surface area (TPSA) is 83.6 Å². The third kappa shape index (κ3) is 2.45. The largest absolute Gasteiger partial charge is 0.481 e. The average Bonchev–Trinajstić information content (AvgIpc) is 2.38. The summed E-state index contributed by atoms with van der Waals surface area (Å²) in [6.45, 7) is 0.953. The quantitative estimate of drug-likeness (QED) is 0.770. The van der Waals surface area contributed by atoms with E-state index < -0.39 is 5.97 Å². The van der Waals surface area contributed by atoms with Crippen LogP contribution in [0.15, 0.2) is 24.3 Å². The van der Waals surface area contributed by atoms with Crippen molar-refractivity contribution >= 4 is 17.6 Å². The molecule has 0 aromatic heterocycles. The minimum Gasteiger partial charge on any atom is -0.481 e. The molecule has 0 saturated carbocycles. The minimum atomic E-state index is -0.777. The number of anilines is 1. The van der Waals surface area contributed by atoms with Crippen molar-refractivity contribution in [2.45, 2.75) is 12.8 Å². The normalized spacial score (nSPS) is 16.6. The second-order valence-corrected chi connectivity index (χ2v) is 4.49. The molecule has 0 radical (unpaired) electrons. The lowest BCUT2D eigenvalue weighted by Gasteiger charge is -2.30.